The summed E-state index contributed by atoms with van der Waals surface area (Å²) >= 11 is 0. The van der Waals surface area contributed by atoms with E-state index in [0.29, 0.717) is 22.5 Å². The van der Waals surface area contributed by atoms with E-state index in [0.717, 1.165) is 6.07 Å². The molecule has 3 rings (SSSR count). The number of benzene rings is 2. The zero-order valence-corrected chi connectivity index (χ0v) is 11.7. The Morgan fingerprint density at radius 2 is 1.61 bits per heavy atom. The van der Waals surface area contributed by atoms with Crippen molar-refractivity contribution in [1.29, 1.82) is 5.26 Å². The fourth-order valence-corrected chi connectivity index (χ4v) is 2.21. The van der Waals surface area contributed by atoms with Crippen molar-refractivity contribution in [3.63, 3.8) is 0 Å². The summed E-state index contributed by atoms with van der Waals surface area (Å²) in [5.41, 5.74) is 0.889. The Morgan fingerprint density at radius 3 is 2.17 bits per heavy atom. The summed E-state index contributed by atoms with van der Waals surface area (Å²) in [6.07, 6.45) is -4.53. The van der Waals surface area contributed by atoms with Crippen molar-refractivity contribution >= 4 is 0 Å². The molecule has 0 aliphatic heterocycles. The molecule has 3 aromatic rings. The number of hydrogen-bond donors (Lipinski definition) is 0. The van der Waals surface area contributed by atoms with Crippen LogP contribution in [0.5, 0.6) is 0 Å². The topological polar surface area (TPSA) is 41.6 Å². The molecule has 1 aromatic heterocycles. The Kier molecular flexibility index (Phi) is 3.62. The van der Waals surface area contributed by atoms with E-state index >= 15 is 0 Å². The van der Waals surface area contributed by atoms with Crippen LogP contribution in [0.1, 0.15) is 11.3 Å². The number of rotatable bonds is 2. The molecular weight excluding hydrogens is 303 g/mol. The van der Waals surface area contributed by atoms with Crippen LogP contribution >= 0.6 is 0 Å². The molecule has 3 nitrogen and oxygen atoms in total. The van der Waals surface area contributed by atoms with Gasteiger partial charge < -0.3 is 0 Å². The van der Waals surface area contributed by atoms with Crippen LogP contribution in [0.4, 0.5) is 13.2 Å². The van der Waals surface area contributed by atoms with Crippen LogP contribution < -0.4 is 0 Å². The molecular formula is C17H10F3N3. The Morgan fingerprint density at radius 1 is 0.957 bits per heavy atom. The van der Waals surface area contributed by atoms with E-state index in [1.54, 1.807) is 54.6 Å². The third-order valence-electron chi connectivity index (χ3n) is 3.31. The zero-order valence-electron chi connectivity index (χ0n) is 11.7. The molecule has 0 amide bonds. The van der Waals surface area contributed by atoms with Gasteiger partial charge in [-0.25, -0.2) is 4.68 Å². The summed E-state index contributed by atoms with van der Waals surface area (Å²) in [7, 11) is 0. The van der Waals surface area contributed by atoms with Gasteiger partial charge in [0.1, 0.15) is 0 Å². The maximum absolute atomic E-state index is 13.0. The van der Waals surface area contributed by atoms with Crippen LogP contribution in [-0.2, 0) is 6.18 Å². The highest BCUT2D eigenvalue weighted by atomic mass is 19.4. The summed E-state index contributed by atoms with van der Waals surface area (Å²) in [6, 6.07) is 17.9. The molecule has 6 heteroatoms. The zero-order chi connectivity index (χ0) is 16.4. The first-order valence-corrected chi connectivity index (χ1v) is 6.72. The van der Waals surface area contributed by atoms with Crippen molar-refractivity contribution < 1.29 is 13.2 Å². The first kappa shape index (κ1) is 14.9. The summed E-state index contributed by atoms with van der Waals surface area (Å²) in [6.45, 7) is 0. The third kappa shape index (κ3) is 2.94. The molecule has 0 spiro atoms. The Labute approximate surface area is 130 Å². The van der Waals surface area contributed by atoms with Crippen molar-refractivity contribution in [3.8, 4) is 23.0 Å². The average molecular weight is 313 g/mol. The van der Waals surface area contributed by atoms with Gasteiger partial charge in [-0.2, -0.15) is 23.5 Å². The van der Waals surface area contributed by atoms with Crippen molar-refractivity contribution in [2.75, 3.05) is 0 Å². The normalized spacial score (nSPS) is 11.2. The molecule has 0 saturated heterocycles. The lowest BCUT2D eigenvalue weighted by Crippen LogP contribution is -2.07. The minimum atomic E-state index is -4.53. The molecule has 0 N–H and O–H groups in total. The van der Waals surface area contributed by atoms with Crippen LogP contribution in [0.25, 0.3) is 16.9 Å². The van der Waals surface area contributed by atoms with Crippen molar-refractivity contribution in [2.45, 2.75) is 6.18 Å². The van der Waals surface area contributed by atoms with E-state index in [9.17, 15) is 13.2 Å². The molecule has 0 aliphatic rings. The summed E-state index contributed by atoms with van der Waals surface area (Å²) in [5, 5.41) is 12.5. The molecule has 0 bridgehead atoms. The average Bonchev–Trinajstić information content (AvgIpc) is 3.01. The first-order valence-electron chi connectivity index (χ1n) is 6.72. The largest absolute Gasteiger partial charge is 0.435 e. The smallest absolute Gasteiger partial charge is 0.233 e. The highest BCUT2D eigenvalue weighted by molar-refractivity contribution is 5.63. The number of alkyl halides is 3. The van der Waals surface area contributed by atoms with Gasteiger partial charge >= 0.3 is 6.18 Å². The highest BCUT2D eigenvalue weighted by Gasteiger charge is 2.35. The van der Waals surface area contributed by atoms with Crippen molar-refractivity contribution in [2.24, 2.45) is 0 Å². The van der Waals surface area contributed by atoms with Gasteiger partial charge in [0, 0.05) is 5.56 Å². The van der Waals surface area contributed by atoms with Gasteiger partial charge in [-0.05, 0) is 30.3 Å². The fourth-order valence-electron chi connectivity index (χ4n) is 2.21. The van der Waals surface area contributed by atoms with Crippen LogP contribution in [0.15, 0.2) is 60.7 Å². The number of aromatic nitrogens is 2. The summed E-state index contributed by atoms with van der Waals surface area (Å²) in [5.74, 6) is 0. The minimum Gasteiger partial charge on any atom is -0.233 e. The van der Waals surface area contributed by atoms with Crippen LogP contribution in [0.2, 0.25) is 0 Å². The van der Waals surface area contributed by atoms with E-state index < -0.39 is 11.9 Å². The number of nitriles is 1. The van der Waals surface area contributed by atoms with E-state index in [4.69, 9.17) is 5.26 Å². The second-order valence-electron chi connectivity index (χ2n) is 4.85. The van der Waals surface area contributed by atoms with Gasteiger partial charge in [-0.15, -0.1) is 0 Å². The maximum atomic E-state index is 13.0. The van der Waals surface area contributed by atoms with E-state index in [-0.39, 0.29) is 0 Å². The Bertz CT molecular complexity index is 857. The van der Waals surface area contributed by atoms with Gasteiger partial charge in [-0.3, -0.25) is 0 Å². The number of halogens is 3. The van der Waals surface area contributed by atoms with Gasteiger partial charge in [0.25, 0.3) is 0 Å². The number of hydrogen-bond acceptors (Lipinski definition) is 2. The second-order valence-corrected chi connectivity index (χ2v) is 4.85. The lowest BCUT2D eigenvalue weighted by molar-refractivity contribution is -0.141. The van der Waals surface area contributed by atoms with Gasteiger partial charge in [0.05, 0.1) is 23.0 Å². The number of nitrogens with zero attached hydrogens (tertiary/aromatic N) is 3. The van der Waals surface area contributed by atoms with Crippen LogP contribution in [0, 0.1) is 11.3 Å². The molecule has 114 valence electrons. The fraction of sp³-hybridized carbons (Fsp3) is 0.0588. The van der Waals surface area contributed by atoms with Crippen molar-refractivity contribution in [3.05, 3.63) is 71.9 Å². The quantitative estimate of drug-likeness (QED) is 0.702. The maximum Gasteiger partial charge on any atom is 0.435 e. The molecule has 23 heavy (non-hydrogen) atoms. The predicted octanol–water partition coefficient (Wildman–Crippen LogP) is 4.43. The van der Waals surface area contributed by atoms with Gasteiger partial charge in [-0.1, -0.05) is 30.3 Å². The Balaban J connectivity index is 2.18. The lowest BCUT2D eigenvalue weighted by atomic mass is 10.1. The van der Waals surface area contributed by atoms with Crippen molar-refractivity contribution in [1.82, 2.24) is 9.78 Å². The summed E-state index contributed by atoms with van der Waals surface area (Å²) in [4.78, 5) is 0. The second kappa shape index (κ2) is 5.61. The van der Waals surface area contributed by atoms with Gasteiger partial charge in [0.15, 0.2) is 5.69 Å². The predicted molar refractivity (Wildman–Crippen MR) is 78.7 cm³/mol. The first-order chi connectivity index (χ1) is 11.0. The van der Waals surface area contributed by atoms with Crippen LogP contribution in [0.3, 0.4) is 0 Å². The molecule has 0 saturated carbocycles. The summed E-state index contributed by atoms with van der Waals surface area (Å²) < 4.78 is 40.3. The standard InChI is InChI=1S/C17H10F3N3/c18-17(19,20)16-10-15(13-4-2-1-3-5-13)23(22-16)14-8-6-12(11-21)7-9-14/h1-10H. The molecule has 1 heterocycles. The Hall–Kier alpha value is -3.07. The van der Waals surface area contributed by atoms with E-state index in [2.05, 4.69) is 5.10 Å². The minimum absolute atomic E-state index is 0.336. The SMILES string of the molecule is N#Cc1ccc(-n2nc(C(F)(F)F)cc2-c2ccccc2)cc1. The molecule has 2 aromatic carbocycles. The van der Waals surface area contributed by atoms with E-state index in [1.165, 1.54) is 4.68 Å². The van der Waals surface area contributed by atoms with Gasteiger partial charge in [0.2, 0.25) is 0 Å². The molecule has 0 unspecified atom stereocenters. The third-order valence-corrected chi connectivity index (χ3v) is 3.31. The van der Waals surface area contributed by atoms with Crippen LogP contribution in [-0.4, -0.2) is 9.78 Å². The molecule has 0 aliphatic carbocycles. The molecule has 0 fully saturated rings. The monoisotopic (exact) mass is 313 g/mol. The lowest BCUT2D eigenvalue weighted by Gasteiger charge is -2.07. The van der Waals surface area contributed by atoms with E-state index in [1.807, 2.05) is 6.07 Å². The molecule has 0 atom stereocenters. The molecule has 0 radical (unpaired) electrons. The highest BCUT2D eigenvalue weighted by Crippen LogP contribution is 2.33.